The van der Waals surface area contributed by atoms with Gasteiger partial charge in [0.15, 0.2) is 22.9 Å². The number of aliphatic hydroxyl groups excluding tert-OH is 1. The quantitative estimate of drug-likeness (QED) is 0.319. The van der Waals surface area contributed by atoms with Gasteiger partial charge in [-0.1, -0.05) is 16.9 Å². The molecule has 13 heteroatoms. The van der Waals surface area contributed by atoms with Gasteiger partial charge in [-0.25, -0.2) is 4.98 Å². The van der Waals surface area contributed by atoms with Crippen molar-refractivity contribution in [3.63, 3.8) is 0 Å². The number of pyridine rings is 1. The maximum atomic E-state index is 12.3. The van der Waals surface area contributed by atoms with Crippen molar-refractivity contribution in [1.82, 2.24) is 4.98 Å². The number of carbonyl (C=O) groups is 2. The number of rotatable bonds is 7. The fourth-order valence-corrected chi connectivity index (χ4v) is 4.80. The van der Waals surface area contributed by atoms with Crippen LogP contribution in [0.25, 0.3) is 10.4 Å². The number of hydrogen-bond donors (Lipinski definition) is 2. The molecule has 11 nitrogen and oxygen atoms in total. The Labute approximate surface area is 184 Å². The van der Waals surface area contributed by atoms with Crippen LogP contribution in [0.15, 0.2) is 26.7 Å². The first-order valence-electron chi connectivity index (χ1n) is 8.48. The SMILES string of the molecule is CO[C@H]1C(Sc2cnc(C#N)c(Br)c2)O[C@H](C(O)C(C)=O)[C@@](O)(C(C)=O)[C@@H]1N=[N+]=[N-]. The molecule has 1 aromatic heterocycles. The molecule has 30 heavy (non-hydrogen) atoms. The zero-order chi connectivity index (χ0) is 22.6. The summed E-state index contributed by atoms with van der Waals surface area (Å²) < 4.78 is 11.6. The molecule has 2 heterocycles. The van der Waals surface area contributed by atoms with Crippen molar-refractivity contribution < 1.29 is 29.3 Å². The van der Waals surface area contributed by atoms with Crippen molar-refractivity contribution in [3.05, 3.63) is 32.9 Å². The van der Waals surface area contributed by atoms with Crippen molar-refractivity contribution in [3.8, 4) is 6.07 Å². The maximum absolute atomic E-state index is 12.3. The number of hydrogen-bond acceptors (Lipinski definition) is 10. The van der Waals surface area contributed by atoms with E-state index in [9.17, 15) is 19.8 Å². The van der Waals surface area contributed by atoms with Crippen molar-refractivity contribution in [1.29, 1.82) is 5.26 Å². The summed E-state index contributed by atoms with van der Waals surface area (Å²) in [6, 6.07) is 2.01. The maximum Gasteiger partial charge on any atom is 0.164 e. The van der Waals surface area contributed by atoms with Gasteiger partial charge in [-0.15, -0.1) is 0 Å². The second kappa shape index (κ2) is 9.84. The number of nitrogens with zero attached hydrogens (tertiary/aromatic N) is 5. The van der Waals surface area contributed by atoms with Crippen LogP contribution in [0.2, 0.25) is 0 Å². The molecule has 1 aromatic rings. The third-order valence-corrected chi connectivity index (χ3v) is 6.35. The van der Waals surface area contributed by atoms with Gasteiger partial charge in [-0.3, -0.25) is 9.59 Å². The van der Waals surface area contributed by atoms with Gasteiger partial charge in [0.05, 0.1) is 4.47 Å². The van der Waals surface area contributed by atoms with Gasteiger partial charge in [-0.2, -0.15) is 5.26 Å². The average molecular weight is 500 g/mol. The Morgan fingerprint density at radius 2 is 2.23 bits per heavy atom. The lowest BCUT2D eigenvalue weighted by atomic mass is 9.77. The smallest absolute Gasteiger partial charge is 0.164 e. The number of aliphatic hydroxyl groups is 2. The summed E-state index contributed by atoms with van der Waals surface area (Å²) in [7, 11) is 1.27. The van der Waals surface area contributed by atoms with Gasteiger partial charge in [0.1, 0.15) is 35.9 Å². The fourth-order valence-electron chi connectivity index (χ4n) is 3.08. The van der Waals surface area contributed by atoms with Gasteiger partial charge in [-0.05, 0) is 41.4 Å². The molecule has 0 aromatic carbocycles. The molecule has 1 fully saturated rings. The molecule has 0 aliphatic carbocycles. The van der Waals surface area contributed by atoms with E-state index in [0.29, 0.717) is 9.37 Å². The Morgan fingerprint density at radius 1 is 1.57 bits per heavy atom. The summed E-state index contributed by atoms with van der Waals surface area (Å²) in [5.41, 5.74) is 5.66. The Balaban J connectivity index is 2.54. The van der Waals surface area contributed by atoms with Crippen LogP contribution in [0, 0.1) is 11.3 Å². The largest absolute Gasteiger partial charge is 0.382 e. The molecular weight excluding hydrogens is 482 g/mol. The highest BCUT2D eigenvalue weighted by atomic mass is 79.9. The summed E-state index contributed by atoms with van der Waals surface area (Å²) in [4.78, 5) is 31.4. The number of azide groups is 1. The molecule has 0 bridgehead atoms. The molecule has 0 radical (unpaired) electrons. The first kappa shape index (κ1) is 24.2. The second-order valence-corrected chi connectivity index (χ2v) is 8.47. The number of thioether (sulfide) groups is 1. The van der Waals surface area contributed by atoms with Crippen LogP contribution in [0.5, 0.6) is 0 Å². The molecule has 160 valence electrons. The van der Waals surface area contributed by atoms with E-state index in [4.69, 9.17) is 20.3 Å². The number of ketones is 2. The number of ether oxygens (including phenoxy) is 2. The number of carbonyl (C=O) groups excluding carboxylic acids is 2. The van der Waals surface area contributed by atoms with E-state index >= 15 is 0 Å². The Bertz CT molecular complexity index is 936. The van der Waals surface area contributed by atoms with E-state index in [0.717, 1.165) is 25.6 Å². The van der Waals surface area contributed by atoms with Gasteiger partial charge < -0.3 is 19.7 Å². The predicted octanol–water partition coefficient (Wildman–Crippen LogP) is 1.50. The first-order chi connectivity index (χ1) is 14.1. The van der Waals surface area contributed by atoms with E-state index in [1.807, 2.05) is 6.07 Å². The van der Waals surface area contributed by atoms with Gasteiger partial charge in [0.25, 0.3) is 0 Å². The summed E-state index contributed by atoms with van der Waals surface area (Å²) in [6.07, 6.45) is -3.29. The second-order valence-electron chi connectivity index (χ2n) is 6.44. The number of halogens is 1. The molecule has 1 aliphatic heterocycles. The average Bonchev–Trinajstić information content (AvgIpc) is 2.69. The predicted molar refractivity (Wildman–Crippen MR) is 107 cm³/mol. The lowest BCUT2D eigenvalue weighted by Crippen LogP contribution is -2.71. The third kappa shape index (κ3) is 4.50. The van der Waals surface area contributed by atoms with Crippen molar-refractivity contribution in [2.75, 3.05) is 7.11 Å². The van der Waals surface area contributed by atoms with Gasteiger partial charge in [0, 0.05) is 23.1 Å². The minimum Gasteiger partial charge on any atom is -0.382 e. The standard InChI is InChI=1S/C17H18BrN5O6S/c1-7(24)12(26)15-17(27,8(2)25)14(22-23-20)13(28-3)16(29-15)30-9-4-10(18)11(5-19)21-6-9/h4,6,12-16,26-27H,1-3H3/t12?,13-,14-,15-,16?,17-/m1/s1. The molecule has 1 aliphatic rings. The van der Waals surface area contributed by atoms with E-state index in [2.05, 4.69) is 30.9 Å². The van der Waals surface area contributed by atoms with Crippen molar-refractivity contribution >= 4 is 39.3 Å². The molecule has 1 saturated heterocycles. The molecular formula is C17H18BrN5O6S. The zero-order valence-corrected chi connectivity index (χ0v) is 18.5. The summed E-state index contributed by atoms with van der Waals surface area (Å²) in [5.74, 6) is -1.61. The Hall–Kier alpha value is -2.04. The van der Waals surface area contributed by atoms with E-state index in [-0.39, 0.29) is 5.69 Å². The van der Waals surface area contributed by atoms with E-state index < -0.39 is 47.0 Å². The molecule has 6 atom stereocenters. The molecule has 0 spiro atoms. The van der Waals surface area contributed by atoms with Crippen LogP contribution < -0.4 is 0 Å². The van der Waals surface area contributed by atoms with E-state index in [1.54, 1.807) is 6.07 Å². The molecule has 2 rings (SSSR count). The monoisotopic (exact) mass is 499 g/mol. The normalized spacial score (nSPS) is 29.4. The molecule has 2 N–H and O–H groups in total. The molecule has 0 amide bonds. The van der Waals surface area contributed by atoms with Gasteiger partial charge in [0.2, 0.25) is 0 Å². The number of nitriles is 1. The molecule has 2 unspecified atom stereocenters. The highest BCUT2D eigenvalue weighted by molar-refractivity contribution is 9.10. The fraction of sp³-hybridized carbons (Fsp3) is 0.529. The highest BCUT2D eigenvalue weighted by Gasteiger charge is 2.61. The molecule has 0 saturated carbocycles. The zero-order valence-electron chi connectivity index (χ0n) is 16.1. The highest BCUT2D eigenvalue weighted by Crippen LogP contribution is 2.42. The van der Waals surface area contributed by atoms with Crippen LogP contribution in [-0.2, 0) is 19.1 Å². The van der Waals surface area contributed by atoms with Gasteiger partial charge >= 0.3 is 0 Å². The summed E-state index contributed by atoms with van der Waals surface area (Å²) >= 11 is 4.25. The van der Waals surface area contributed by atoms with Crippen LogP contribution in [0.4, 0.5) is 0 Å². The summed E-state index contributed by atoms with van der Waals surface area (Å²) in [5, 5.41) is 34.0. The van der Waals surface area contributed by atoms with Crippen LogP contribution in [0.3, 0.4) is 0 Å². The van der Waals surface area contributed by atoms with Crippen molar-refractivity contribution in [2.24, 2.45) is 5.11 Å². The first-order valence-corrected chi connectivity index (χ1v) is 10.2. The van der Waals surface area contributed by atoms with Crippen LogP contribution in [0.1, 0.15) is 19.5 Å². The minimum atomic E-state index is -2.50. The lowest BCUT2D eigenvalue weighted by Gasteiger charge is -2.49. The number of aromatic nitrogens is 1. The van der Waals surface area contributed by atoms with Crippen LogP contribution in [-0.4, -0.2) is 69.3 Å². The van der Waals surface area contributed by atoms with Crippen LogP contribution >= 0.6 is 27.7 Å². The number of methoxy groups -OCH3 is 1. The Kier molecular flexibility index (Phi) is 7.95. The lowest BCUT2D eigenvalue weighted by molar-refractivity contribution is -0.227. The topological polar surface area (TPSA) is 179 Å². The third-order valence-electron chi connectivity index (χ3n) is 4.63. The van der Waals surface area contributed by atoms with Crippen molar-refractivity contribution in [2.45, 2.75) is 54.1 Å². The summed E-state index contributed by atoms with van der Waals surface area (Å²) in [6.45, 7) is 2.11. The number of Topliss-reactive ketones (excluding diaryl/α,β-unsaturated/α-hetero) is 2. The Morgan fingerprint density at radius 3 is 2.70 bits per heavy atom. The minimum absolute atomic E-state index is 0.162. The van der Waals surface area contributed by atoms with E-state index in [1.165, 1.54) is 13.3 Å².